The Bertz CT molecular complexity index is 752. The molecule has 0 unspecified atom stereocenters. The van der Waals surface area contributed by atoms with Crippen LogP contribution >= 0.6 is 0 Å². The number of nitrogens with zero attached hydrogens (tertiary/aromatic N) is 1. The maximum absolute atomic E-state index is 12.3. The Morgan fingerprint density at radius 2 is 1.62 bits per heavy atom. The fourth-order valence-electron chi connectivity index (χ4n) is 3.04. The van der Waals surface area contributed by atoms with Crippen molar-refractivity contribution in [1.82, 2.24) is 0 Å². The summed E-state index contributed by atoms with van der Waals surface area (Å²) >= 11 is 0. The van der Waals surface area contributed by atoms with E-state index in [1.807, 2.05) is 43.3 Å². The van der Waals surface area contributed by atoms with Crippen LogP contribution in [-0.4, -0.2) is 26.1 Å². The Kier molecular flexibility index (Phi) is 4.25. The number of ether oxygens (including phenoxy) is 2. The van der Waals surface area contributed by atoms with Crippen LogP contribution in [0.4, 0.5) is 5.69 Å². The van der Waals surface area contributed by atoms with Gasteiger partial charge in [-0.2, -0.15) is 0 Å². The molecule has 1 saturated heterocycles. The average Bonchev–Trinajstić information content (AvgIpc) is 2.65. The van der Waals surface area contributed by atoms with Gasteiger partial charge in [0.15, 0.2) is 0 Å². The van der Waals surface area contributed by atoms with Gasteiger partial charge in [0.25, 0.3) is 0 Å². The molecule has 3 rings (SSSR count). The van der Waals surface area contributed by atoms with E-state index in [1.54, 1.807) is 24.1 Å². The Balaban J connectivity index is 1.87. The number of carbonyl (C=O) groups excluding carboxylic acids is 2. The summed E-state index contributed by atoms with van der Waals surface area (Å²) in [5.74, 6) is 0.364. The summed E-state index contributed by atoms with van der Waals surface area (Å²) in [6.45, 7) is 1.92. The molecule has 0 spiro atoms. The number of hydrogen-bond donors (Lipinski definition) is 0. The Morgan fingerprint density at radius 1 is 1.00 bits per heavy atom. The lowest BCUT2D eigenvalue weighted by molar-refractivity contribution is -0.129. The van der Waals surface area contributed by atoms with Crippen LogP contribution in [0.25, 0.3) is 0 Å². The van der Waals surface area contributed by atoms with Crippen LogP contribution in [0.5, 0.6) is 5.75 Å². The van der Waals surface area contributed by atoms with E-state index in [-0.39, 0.29) is 23.8 Å². The van der Waals surface area contributed by atoms with Gasteiger partial charge in [0, 0.05) is 5.69 Å². The largest absolute Gasteiger partial charge is 0.497 e. The first-order valence-corrected chi connectivity index (χ1v) is 7.72. The number of esters is 1. The van der Waals surface area contributed by atoms with Crippen LogP contribution in [0.15, 0.2) is 48.5 Å². The Labute approximate surface area is 140 Å². The summed E-state index contributed by atoms with van der Waals surface area (Å²) in [6.07, 6.45) is 0. The highest BCUT2D eigenvalue weighted by molar-refractivity contribution is 6.03. The van der Waals surface area contributed by atoms with Crippen LogP contribution < -0.4 is 9.64 Å². The molecule has 1 amide bonds. The molecule has 2 aromatic carbocycles. The average molecular weight is 325 g/mol. The molecule has 2 aromatic rings. The van der Waals surface area contributed by atoms with E-state index in [1.165, 1.54) is 7.11 Å². The molecule has 0 aliphatic carbocycles. The molecule has 2 atom stereocenters. The van der Waals surface area contributed by atoms with Crippen molar-refractivity contribution in [2.24, 2.45) is 5.92 Å². The molecule has 0 N–H and O–H groups in total. The van der Waals surface area contributed by atoms with E-state index >= 15 is 0 Å². The first-order valence-electron chi connectivity index (χ1n) is 7.72. The molecule has 1 fully saturated rings. The molecule has 0 aromatic heterocycles. The summed E-state index contributed by atoms with van der Waals surface area (Å²) in [5.41, 5.74) is 2.32. The van der Waals surface area contributed by atoms with Gasteiger partial charge >= 0.3 is 5.97 Å². The fourth-order valence-corrected chi connectivity index (χ4v) is 3.04. The van der Waals surface area contributed by atoms with E-state index in [0.29, 0.717) is 5.56 Å². The van der Waals surface area contributed by atoms with Crippen LogP contribution in [-0.2, 0) is 9.53 Å². The number of amides is 1. The van der Waals surface area contributed by atoms with Crippen molar-refractivity contribution in [3.8, 4) is 5.75 Å². The van der Waals surface area contributed by atoms with E-state index < -0.39 is 0 Å². The maximum Gasteiger partial charge on any atom is 0.337 e. The molecule has 0 bridgehead atoms. The van der Waals surface area contributed by atoms with Crippen molar-refractivity contribution < 1.29 is 19.1 Å². The van der Waals surface area contributed by atoms with Crippen molar-refractivity contribution in [3.05, 3.63) is 59.7 Å². The lowest BCUT2D eigenvalue weighted by atomic mass is 9.83. The standard InChI is InChI=1S/C19H19NO4/c1-12-17(13-4-6-14(7-5-13)19(22)24-3)20(18(12)21)15-8-10-16(23-2)11-9-15/h4-12,17H,1-3H3/t12-,17+/m1/s1. The molecule has 1 aliphatic rings. The lowest BCUT2D eigenvalue weighted by Gasteiger charge is -2.46. The molecule has 0 radical (unpaired) electrons. The molecule has 24 heavy (non-hydrogen) atoms. The zero-order chi connectivity index (χ0) is 17.3. The van der Waals surface area contributed by atoms with Crippen LogP contribution in [0, 0.1) is 5.92 Å². The minimum Gasteiger partial charge on any atom is -0.497 e. The number of rotatable bonds is 4. The number of hydrogen-bond acceptors (Lipinski definition) is 4. The number of anilines is 1. The highest BCUT2D eigenvalue weighted by Gasteiger charge is 2.45. The zero-order valence-electron chi connectivity index (χ0n) is 13.9. The van der Waals surface area contributed by atoms with Gasteiger partial charge in [-0.15, -0.1) is 0 Å². The predicted octanol–water partition coefficient (Wildman–Crippen LogP) is 3.21. The SMILES string of the molecule is COC(=O)c1ccc([C@@H]2[C@@H](C)C(=O)N2c2ccc(OC)cc2)cc1. The van der Waals surface area contributed by atoms with Gasteiger partial charge in [-0.1, -0.05) is 19.1 Å². The number of β-lactam (4-membered cyclic amide) rings is 1. The van der Waals surface area contributed by atoms with Crippen LogP contribution in [0.3, 0.4) is 0 Å². The van der Waals surface area contributed by atoms with Crippen molar-refractivity contribution in [1.29, 1.82) is 0 Å². The molecule has 124 valence electrons. The minimum atomic E-state index is -0.369. The third-order valence-corrected chi connectivity index (χ3v) is 4.40. The van der Waals surface area contributed by atoms with Gasteiger partial charge in [-0.05, 0) is 42.0 Å². The molecule has 5 heteroatoms. The predicted molar refractivity (Wildman–Crippen MR) is 90.2 cm³/mol. The van der Waals surface area contributed by atoms with Gasteiger partial charge in [-0.3, -0.25) is 4.79 Å². The second kappa shape index (κ2) is 6.35. The maximum atomic E-state index is 12.3. The first-order chi connectivity index (χ1) is 11.6. The zero-order valence-corrected chi connectivity index (χ0v) is 13.9. The molecular formula is C19H19NO4. The second-order valence-corrected chi connectivity index (χ2v) is 5.75. The van der Waals surface area contributed by atoms with Crippen molar-refractivity contribution in [2.75, 3.05) is 19.1 Å². The fraction of sp³-hybridized carbons (Fsp3) is 0.263. The van der Waals surface area contributed by atoms with Gasteiger partial charge < -0.3 is 14.4 Å². The van der Waals surface area contributed by atoms with Gasteiger partial charge in [0.1, 0.15) is 5.75 Å². The Morgan fingerprint density at radius 3 is 2.17 bits per heavy atom. The van der Waals surface area contributed by atoms with E-state index in [2.05, 4.69) is 0 Å². The van der Waals surface area contributed by atoms with Crippen molar-refractivity contribution >= 4 is 17.6 Å². The third-order valence-electron chi connectivity index (χ3n) is 4.40. The first kappa shape index (κ1) is 16.1. The smallest absolute Gasteiger partial charge is 0.337 e. The van der Waals surface area contributed by atoms with E-state index in [9.17, 15) is 9.59 Å². The second-order valence-electron chi connectivity index (χ2n) is 5.75. The quantitative estimate of drug-likeness (QED) is 0.640. The van der Waals surface area contributed by atoms with Gasteiger partial charge in [0.05, 0.1) is 31.7 Å². The highest BCUT2D eigenvalue weighted by atomic mass is 16.5. The Hall–Kier alpha value is -2.82. The summed E-state index contributed by atoms with van der Waals surface area (Å²) in [4.78, 5) is 25.7. The van der Waals surface area contributed by atoms with E-state index in [0.717, 1.165) is 17.0 Å². The lowest BCUT2D eigenvalue weighted by Crippen LogP contribution is -2.54. The van der Waals surface area contributed by atoms with Gasteiger partial charge in [-0.25, -0.2) is 4.79 Å². The number of benzene rings is 2. The van der Waals surface area contributed by atoms with Crippen molar-refractivity contribution in [2.45, 2.75) is 13.0 Å². The minimum absolute atomic E-state index is 0.0439. The number of carbonyl (C=O) groups is 2. The molecule has 0 saturated carbocycles. The molecule has 5 nitrogen and oxygen atoms in total. The van der Waals surface area contributed by atoms with Crippen LogP contribution in [0.2, 0.25) is 0 Å². The summed E-state index contributed by atoms with van der Waals surface area (Å²) in [7, 11) is 2.96. The van der Waals surface area contributed by atoms with Crippen LogP contribution in [0.1, 0.15) is 28.9 Å². The van der Waals surface area contributed by atoms with Gasteiger partial charge in [0.2, 0.25) is 5.91 Å². The third kappa shape index (κ3) is 2.62. The molecule has 1 aliphatic heterocycles. The summed E-state index contributed by atoms with van der Waals surface area (Å²) in [6, 6.07) is 14.6. The monoisotopic (exact) mass is 325 g/mol. The topological polar surface area (TPSA) is 55.8 Å². The molecular weight excluding hydrogens is 306 g/mol. The normalized spacial score (nSPS) is 19.6. The molecule has 1 heterocycles. The highest BCUT2D eigenvalue weighted by Crippen LogP contribution is 2.43. The summed E-state index contributed by atoms with van der Waals surface area (Å²) in [5, 5.41) is 0. The van der Waals surface area contributed by atoms with Crippen molar-refractivity contribution in [3.63, 3.8) is 0 Å². The number of methoxy groups -OCH3 is 2. The van der Waals surface area contributed by atoms with E-state index in [4.69, 9.17) is 9.47 Å². The summed E-state index contributed by atoms with van der Waals surface area (Å²) < 4.78 is 9.87.